The second-order valence-electron chi connectivity index (χ2n) is 5.87. The van der Waals surface area contributed by atoms with Gasteiger partial charge in [-0.25, -0.2) is 9.97 Å². The fourth-order valence-electron chi connectivity index (χ4n) is 2.91. The number of aromatic nitrogens is 4. The molecule has 24 heavy (non-hydrogen) atoms. The summed E-state index contributed by atoms with van der Waals surface area (Å²) in [7, 11) is 0. The monoisotopic (exact) mass is 390 g/mol. The molecule has 0 fully saturated rings. The Morgan fingerprint density at radius 3 is 2.79 bits per heavy atom. The van der Waals surface area contributed by atoms with Gasteiger partial charge >= 0.3 is 0 Å². The Kier molecular flexibility index (Phi) is 5.11. The van der Waals surface area contributed by atoms with Gasteiger partial charge in [-0.3, -0.25) is 9.78 Å². The molecule has 2 unspecified atom stereocenters. The summed E-state index contributed by atoms with van der Waals surface area (Å²) in [5.41, 5.74) is 1.75. The Morgan fingerprint density at radius 2 is 2.08 bits per heavy atom. The maximum atomic E-state index is 11.9. The number of benzene rings is 1. The lowest BCUT2D eigenvalue weighted by atomic mass is 10.0. The van der Waals surface area contributed by atoms with Crippen LogP contribution in [0.2, 0.25) is 0 Å². The van der Waals surface area contributed by atoms with Gasteiger partial charge in [0.2, 0.25) is 0 Å². The summed E-state index contributed by atoms with van der Waals surface area (Å²) in [4.78, 5) is 23.0. The van der Waals surface area contributed by atoms with Crippen LogP contribution in [0, 0.1) is 0 Å². The molecule has 0 bridgehead atoms. The maximum Gasteiger partial charge on any atom is 0.279 e. The molecule has 0 saturated carbocycles. The van der Waals surface area contributed by atoms with Gasteiger partial charge in [-0.1, -0.05) is 30.3 Å². The highest BCUT2D eigenvalue weighted by Crippen LogP contribution is 2.23. The standard InChI is InChI=1S/C17H19BrN4O2/c1-11(23)13(9-5-8-12-6-3-2-4-7-12)22-10-19-14-15(22)20-17(18)21-16(14)24/h2-4,6-7,10-11,13,23H,5,8-9H2,1H3,(H,20,21,24). The zero-order chi connectivity index (χ0) is 17.1. The normalized spacial score (nSPS) is 14.0. The van der Waals surface area contributed by atoms with Gasteiger partial charge < -0.3 is 9.67 Å². The zero-order valence-electron chi connectivity index (χ0n) is 13.3. The number of H-pyrrole nitrogens is 1. The lowest BCUT2D eigenvalue weighted by Crippen LogP contribution is -2.22. The van der Waals surface area contributed by atoms with E-state index < -0.39 is 6.10 Å². The molecular formula is C17H19BrN4O2. The number of nitrogens with one attached hydrogen (secondary N) is 1. The van der Waals surface area contributed by atoms with Crippen LogP contribution in [0.15, 0.2) is 46.2 Å². The van der Waals surface area contributed by atoms with Crippen molar-refractivity contribution in [2.24, 2.45) is 0 Å². The van der Waals surface area contributed by atoms with E-state index in [0.29, 0.717) is 10.4 Å². The molecule has 0 aliphatic carbocycles. The molecule has 3 rings (SSSR count). The molecule has 3 aromatic rings. The smallest absolute Gasteiger partial charge is 0.279 e. The van der Waals surface area contributed by atoms with Crippen LogP contribution in [0.1, 0.15) is 31.4 Å². The molecule has 0 radical (unpaired) electrons. The molecule has 2 atom stereocenters. The average molecular weight is 391 g/mol. The highest BCUT2D eigenvalue weighted by Gasteiger charge is 2.21. The Morgan fingerprint density at radius 1 is 1.33 bits per heavy atom. The SMILES string of the molecule is CC(O)C(CCCc1ccccc1)n1cnc2c(=O)[nH]c(Br)nc21. The second-order valence-corrected chi connectivity index (χ2v) is 6.62. The molecular weight excluding hydrogens is 372 g/mol. The summed E-state index contributed by atoms with van der Waals surface area (Å²) >= 11 is 3.20. The van der Waals surface area contributed by atoms with Crippen molar-refractivity contribution in [1.29, 1.82) is 0 Å². The van der Waals surface area contributed by atoms with E-state index in [-0.39, 0.29) is 17.1 Å². The summed E-state index contributed by atoms with van der Waals surface area (Å²) in [6.07, 6.45) is 3.64. The van der Waals surface area contributed by atoms with Gasteiger partial charge in [0.15, 0.2) is 15.9 Å². The lowest BCUT2D eigenvalue weighted by Gasteiger charge is -2.22. The molecule has 0 spiro atoms. The van der Waals surface area contributed by atoms with Gasteiger partial charge in [0, 0.05) is 0 Å². The number of imidazole rings is 1. The van der Waals surface area contributed by atoms with Gasteiger partial charge in [-0.05, 0) is 47.7 Å². The minimum atomic E-state index is -0.571. The summed E-state index contributed by atoms with van der Waals surface area (Å²) < 4.78 is 2.15. The first-order valence-corrected chi connectivity index (χ1v) is 8.70. The van der Waals surface area contributed by atoms with Crippen molar-refractivity contribution in [3.8, 4) is 0 Å². The van der Waals surface area contributed by atoms with Crippen molar-refractivity contribution in [2.75, 3.05) is 0 Å². The second kappa shape index (κ2) is 7.27. The third kappa shape index (κ3) is 3.57. The largest absolute Gasteiger partial charge is 0.391 e. The Balaban J connectivity index is 1.82. The maximum absolute atomic E-state index is 11.9. The van der Waals surface area contributed by atoms with Crippen LogP contribution in [0.4, 0.5) is 0 Å². The summed E-state index contributed by atoms with van der Waals surface area (Å²) in [6.45, 7) is 1.75. The Labute approximate surface area is 147 Å². The highest BCUT2D eigenvalue weighted by atomic mass is 79.9. The molecule has 0 aliphatic heterocycles. The number of aromatic amines is 1. The van der Waals surface area contributed by atoms with Gasteiger partial charge in [-0.15, -0.1) is 0 Å². The van der Waals surface area contributed by atoms with Crippen molar-refractivity contribution in [1.82, 2.24) is 19.5 Å². The molecule has 2 aromatic heterocycles. The van der Waals surface area contributed by atoms with Gasteiger partial charge in [-0.2, -0.15) is 0 Å². The Bertz CT molecular complexity index is 873. The summed E-state index contributed by atoms with van der Waals surface area (Å²) in [5, 5.41) is 10.2. The minimum absolute atomic E-state index is 0.181. The van der Waals surface area contributed by atoms with E-state index in [4.69, 9.17) is 0 Å². The van der Waals surface area contributed by atoms with Crippen molar-refractivity contribution < 1.29 is 5.11 Å². The van der Waals surface area contributed by atoms with Crippen molar-refractivity contribution >= 4 is 27.1 Å². The highest BCUT2D eigenvalue weighted by molar-refractivity contribution is 9.10. The van der Waals surface area contributed by atoms with E-state index in [2.05, 4.69) is 43.0 Å². The number of aryl methyl sites for hydroxylation is 1. The first-order valence-electron chi connectivity index (χ1n) is 7.90. The minimum Gasteiger partial charge on any atom is -0.391 e. The molecule has 0 aliphatic rings. The number of hydrogen-bond donors (Lipinski definition) is 2. The third-order valence-electron chi connectivity index (χ3n) is 4.13. The van der Waals surface area contributed by atoms with Crippen molar-refractivity contribution in [2.45, 2.75) is 38.3 Å². The predicted molar refractivity (Wildman–Crippen MR) is 95.9 cm³/mol. The van der Waals surface area contributed by atoms with Crippen LogP contribution in [0.3, 0.4) is 0 Å². The molecule has 2 heterocycles. The molecule has 0 saturated heterocycles. The third-order valence-corrected chi connectivity index (χ3v) is 4.50. The summed E-state index contributed by atoms with van der Waals surface area (Å²) in [6, 6.07) is 10.1. The number of fused-ring (bicyclic) bond motifs is 1. The first kappa shape index (κ1) is 16.9. The van der Waals surface area contributed by atoms with E-state index in [0.717, 1.165) is 19.3 Å². The topological polar surface area (TPSA) is 83.8 Å². The number of hydrogen-bond acceptors (Lipinski definition) is 4. The number of rotatable bonds is 6. The molecule has 0 amide bonds. The molecule has 7 heteroatoms. The number of aliphatic hydroxyl groups is 1. The van der Waals surface area contributed by atoms with Crippen LogP contribution in [0.5, 0.6) is 0 Å². The quantitative estimate of drug-likeness (QED) is 0.633. The molecule has 2 N–H and O–H groups in total. The van der Waals surface area contributed by atoms with E-state index in [1.807, 2.05) is 18.2 Å². The van der Waals surface area contributed by atoms with E-state index in [9.17, 15) is 9.90 Å². The van der Waals surface area contributed by atoms with Crippen LogP contribution in [-0.4, -0.2) is 30.7 Å². The average Bonchev–Trinajstić information content (AvgIpc) is 2.96. The predicted octanol–water partition coefficient (Wildman–Crippen LogP) is 2.83. The van der Waals surface area contributed by atoms with Crippen LogP contribution >= 0.6 is 15.9 Å². The van der Waals surface area contributed by atoms with Crippen molar-refractivity contribution in [3.05, 3.63) is 57.3 Å². The molecule has 1 aromatic carbocycles. The lowest BCUT2D eigenvalue weighted by molar-refractivity contribution is 0.125. The van der Waals surface area contributed by atoms with E-state index in [1.165, 1.54) is 5.56 Å². The Hall–Kier alpha value is -1.99. The van der Waals surface area contributed by atoms with Gasteiger partial charge in [0.1, 0.15) is 0 Å². The molecule has 126 valence electrons. The van der Waals surface area contributed by atoms with Crippen LogP contribution in [0.25, 0.3) is 11.2 Å². The van der Waals surface area contributed by atoms with Gasteiger partial charge in [0.05, 0.1) is 18.5 Å². The number of aliphatic hydroxyl groups excluding tert-OH is 1. The van der Waals surface area contributed by atoms with Crippen molar-refractivity contribution in [3.63, 3.8) is 0 Å². The fourth-order valence-corrected chi connectivity index (χ4v) is 3.26. The van der Waals surface area contributed by atoms with Crippen LogP contribution < -0.4 is 5.56 Å². The number of nitrogens with zero attached hydrogens (tertiary/aromatic N) is 3. The first-order chi connectivity index (χ1) is 11.6. The van der Waals surface area contributed by atoms with Gasteiger partial charge in [0.25, 0.3) is 5.56 Å². The van der Waals surface area contributed by atoms with Crippen LogP contribution in [-0.2, 0) is 6.42 Å². The fraction of sp³-hybridized carbons (Fsp3) is 0.353. The summed E-state index contributed by atoms with van der Waals surface area (Å²) in [5.74, 6) is 0. The molecule has 6 nitrogen and oxygen atoms in total. The van der Waals surface area contributed by atoms with E-state index >= 15 is 0 Å². The van der Waals surface area contributed by atoms with E-state index in [1.54, 1.807) is 17.8 Å². The zero-order valence-corrected chi connectivity index (χ0v) is 14.9. The number of halogens is 1.